The Kier molecular flexibility index (Phi) is 7.56. The van der Waals surface area contributed by atoms with Gasteiger partial charge in [-0.1, -0.05) is 119 Å². The number of halogens is 2. The summed E-state index contributed by atoms with van der Waals surface area (Å²) in [4.78, 5) is 20.2. The predicted molar refractivity (Wildman–Crippen MR) is 196 cm³/mol. The van der Waals surface area contributed by atoms with Crippen molar-refractivity contribution >= 4 is 32.6 Å². The summed E-state index contributed by atoms with van der Waals surface area (Å²) in [6, 6.07) is 41.3. The van der Waals surface area contributed by atoms with E-state index in [1.54, 1.807) is 40.0 Å². The Morgan fingerprint density at radius 3 is 1.82 bits per heavy atom. The fourth-order valence-corrected chi connectivity index (χ4v) is 7.81. The Labute approximate surface area is 307 Å². The summed E-state index contributed by atoms with van der Waals surface area (Å²) in [7, 11) is 0. The smallest absolute Gasteiger partial charge is 0.256 e. The molecule has 3 aromatic heterocycles. The minimum atomic E-state index is -2.93. The zero-order valence-electron chi connectivity index (χ0n) is 28.4. The second-order valence-electron chi connectivity index (χ2n) is 14.1. The van der Waals surface area contributed by atoms with Crippen LogP contribution in [-0.2, 0) is 30.9 Å². The van der Waals surface area contributed by atoms with Gasteiger partial charge in [0, 0.05) is 59.0 Å². The van der Waals surface area contributed by atoms with E-state index in [-0.39, 0.29) is 20.1 Å². The van der Waals surface area contributed by atoms with Crippen LogP contribution in [0.4, 0.5) is 8.78 Å². The standard InChI is InChI=1S/C43H32F2N5.Ir/c1-41(2)33-23-22-27(24-34(33)42(3,4)43(41,44)45)37-31-19-9-8-16-28(31)32(25-46-37)39-47-38(26-14-6-5-7-15-26)48-40(49-39)50-35-20-12-10-17-29(35)30-18-11-13-21-36(30)50;/h5-21,23-25H,1-4H3;/q-1;. The quantitative estimate of drug-likeness (QED) is 0.166. The molecule has 253 valence electrons. The summed E-state index contributed by atoms with van der Waals surface area (Å²) >= 11 is 0. The van der Waals surface area contributed by atoms with Gasteiger partial charge in [0.2, 0.25) is 5.95 Å². The molecule has 51 heavy (non-hydrogen) atoms. The minimum absolute atomic E-state index is 0. The number of hydrogen-bond acceptors (Lipinski definition) is 4. The predicted octanol–water partition coefficient (Wildman–Crippen LogP) is 10.5. The summed E-state index contributed by atoms with van der Waals surface area (Å²) in [5, 5.41) is 3.95. The van der Waals surface area contributed by atoms with Gasteiger partial charge in [0.25, 0.3) is 5.92 Å². The Balaban J connectivity index is 0.00000374. The van der Waals surface area contributed by atoms with Crippen molar-refractivity contribution in [3.63, 3.8) is 0 Å². The maximum atomic E-state index is 15.7. The molecule has 0 unspecified atom stereocenters. The zero-order valence-corrected chi connectivity index (χ0v) is 30.8. The molecule has 1 aliphatic rings. The normalized spacial score (nSPS) is 15.6. The first-order valence-corrected chi connectivity index (χ1v) is 16.7. The number of alkyl halides is 2. The van der Waals surface area contributed by atoms with E-state index in [2.05, 4.69) is 34.9 Å². The third kappa shape index (κ3) is 4.73. The van der Waals surface area contributed by atoms with E-state index in [1.165, 1.54) is 0 Å². The van der Waals surface area contributed by atoms with E-state index in [1.807, 2.05) is 84.9 Å². The molecular weight excluding hydrogens is 817 g/mol. The summed E-state index contributed by atoms with van der Waals surface area (Å²) in [5.41, 5.74) is 3.49. The van der Waals surface area contributed by atoms with Crippen LogP contribution < -0.4 is 0 Å². The number of para-hydroxylation sites is 2. The molecule has 5 aromatic carbocycles. The van der Waals surface area contributed by atoms with Gasteiger partial charge in [0.15, 0.2) is 11.6 Å². The van der Waals surface area contributed by atoms with Crippen LogP contribution in [0.15, 0.2) is 121 Å². The molecular formula is C43H32F2IrN5-. The van der Waals surface area contributed by atoms with Gasteiger partial charge < -0.3 is 4.98 Å². The van der Waals surface area contributed by atoms with Crippen LogP contribution in [0, 0.1) is 6.07 Å². The number of fused-ring (bicyclic) bond motifs is 5. The van der Waals surface area contributed by atoms with Crippen molar-refractivity contribution in [3.05, 3.63) is 139 Å². The third-order valence-electron chi connectivity index (χ3n) is 10.6. The van der Waals surface area contributed by atoms with Crippen LogP contribution >= 0.6 is 0 Å². The molecule has 0 saturated heterocycles. The summed E-state index contributed by atoms with van der Waals surface area (Å²) in [5.74, 6) is -1.42. The van der Waals surface area contributed by atoms with Gasteiger partial charge in [-0.2, -0.15) is 9.97 Å². The second-order valence-corrected chi connectivity index (χ2v) is 14.1. The van der Waals surface area contributed by atoms with Crippen LogP contribution in [0.25, 0.3) is 72.6 Å². The van der Waals surface area contributed by atoms with E-state index < -0.39 is 16.8 Å². The van der Waals surface area contributed by atoms with Crippen LogP contribution in [-0.4, -0.2) is 30.4 Å². The summed E-state index contributed by atoms with van der Waals surface area (Å²) < 4.78 is 33.6. The van der Waals surface area contributed by atoms with Crippen molar-refractivity contribution in [2.75, 3.05) is 0 Å². The monoisotopic (exact) mass is 849 g/mol. The van der Waals surface area contributed by atoms with Crippen molar-refractivity contribution in [3.8, 4) is 40.0 Å². The van der Waals surface area contributed by atoms with Crippen LogP contribution in [0.1, 0.15) is 38.8 Å². The molecule has 0 fully saturated rings. The molecule has 0 amide bonds. The van der Waals surface area contributed by atoms with Crippen LogP contribution in [0.5, 0.6) is 0 Å². The molecule has 5 nitrogen and oxygen atoms in total. The fraction of sp³-hybridized carbons (Fsp3) is 0.163. The maximum Gasteiger partial charge on any atom is 0.256 e. The van der Waals surface area contributed by atoms with Crippen molar-refractivity contribution in [1.29, 1.82) is 0 Å². The fourth-order valence-electron chi connectivity index (χ4n) is 7.81. The molecule has 8 heteroatoms. The number of aromatic nitrogens is 5. The number of rotatable bonds is 4. The molecule has 1 aliphatic carbocycles. The average Bonchev–Trinajstić information content (AvgIpc) is 3.53. The minimum Gasteiger partial charge on any atom is -0.303 e. The van der Waals surface area contributed by atoms with Gasteiger partial charge >= 0.3 is 0 Å². The Morgan fingerprint density at radius 1 is 0.608 bits per heavy atom. The number of benzene rings is 5. The van der Waals surface area contributed by atoms with E-state index in [4.69, 9.17) is 19.9 Å². The number of hydrogen-bond donors (Lipinski definition) is 0. The first-order valence-electron chi connectivity index (χ1n) is 16.7. The largest absolute Gasteiger partial charge is 0.303 e. The average molecular weight is 849 g/mol. The summed E-state index contributed by atoms with van der Waals surface area (Å²) in [6.07, 6.45) is 1.78. The van der Waals surface area contributed by atoms with E-state index in [0.29, 0.717) is 40.0 Å². The number of nitrogens with zero attached hydrogens (tertiary/aromatic N) is 5. The Morgan fingerprint density at radius 2 is 1.16 bits per heavy atom. The van der Waals surface area contributed by atoms with Crippen molar-refractivity contribution in [2.45, 2.75) is 44.4 Å². The van der Waals surface area contributed by atoms with Crippen molar-refractivity contribution in [2.24, 2.45) is 0 Å². The first kappa shape index (κ1) is 33.0. The molecule has 1 radical (unpaired) electrons. The third-order valence-corrected chi connectivity index (χ3v) is 10.6. The molecule has 9 rings (SSSR count). The van der Waals surface area contributed by atoms with Crippen molar-refractivity contribution in [1.82, 2.24) is 24.5 Å². The van der Waals surface area contributed by atoms with Gasteiger partial charge in [-0.05, 0) is 28.6 Å². The van der Waals surface area contributed by atoms with Crippen LogP contribution in [0.3, 0.4) is 0 Å². The molecule has 0 aliphatic heterocycles. The molecule has 0 atom stereocenters. The molecule has 0 N–H and O–H groups in total. The van der Waals surface area contributed by atoms with Gasteiger partial charge in [-0.3, -0.25) is 4.57 Å². The van der Waals surface area contributed by atoms with Gasteiger partial charge in [-0.15, -0.1) is 34.9 Å². The SMILES string of the molecule is CC1(C)c2c[c-]c(-c3ncc(-c4nc(-c5ccccc5)nc(-n5c6ccccc6c6ccccc65)n4)c4ccccc34)cc2C(C)(C)C1(F)F.[Ir]. The molecule has 3 heterocycles. The molecule has 0 saturated carbocycles. The Hall–Kier alpha value is -5.17. The van der Waals surface area contributed by atoms with Gasteiger partial charge in [0.1, 0.15) is 0 Å². The Bertz CT molecular complexity index is 2590. The number of pyridine rings is 1. The first-order chi connectivity index (χ1) is 24.1. The topological polar surface area (TPSA) is 56.5 Å². The van der Waals surface area contributed by atoms with Crippen LogP contribution in [0.2, 0.25) is 0 Å². The maximum absolute atomic E-state index is 15.7. The van der Waals surface area contributed by atoms with E-state index in [9.17, 15) is 0 Å². The summed E-state index contributed by atoms with van der Waals surface area (Å²) in [6.45, 7) is 6.48. The molecule has 0 bridgehead atoms. The zero-order chi connectivity index (χ0) is 34.4. The molecule has 8 aromatic rings. The van der Waals surface area contributed by atoms with E-state index >= 15 is 8.78 Å². The van der Waals surface area contributed by atoms with Gasteiger partial charge in [0.05, 0.1) is 11.0 Å². The molecule has 0 spiro atoms. The van der Waals surface area contributed by atoms with Gasteiger partial charge in [-0.25, -0.2) is 13.8 Å². The second kappa shape index (κ2) is 11.7. The van der Waals surface area contributed by atoms with Crippen molar-refractivity contribution < 1.29 is 28.9 Å². The van der Waals surface area contributed by atoms with E-state index in [0.717, 1.165) is 43.7 Å².